The molecule has 0 saturated heterocycles. The summed E-state index contributed by atoms with van der Waals surface area (Å²) in [5.41, 5.74) is 0. The summed E-state index contributed by atoms with van der Waals surface area (Å²) in [6, 6.07) is 0. The minimum absolute atomic E-state index is 0.256. The summed E-state index contributed by atoms with van der Waals surface area (Å²) in [5.74, 6) is 1.74. The molecule has 0 aliphatic heterocycles. The molecular formula is C18H34O2. The van der Waals surface area contributed by atoms with Crippen LogP contribution in [0.4, 0.5) is 0 Å². The lowest BCUT2D eigenvalue weighted by molar-refractivity contribution is -0.349. The van der Waals surface area contributed by atoms with Crippen LogP contribution in [0.2, 0.25) is 0 Å². The smallest absolute Gasteiger partial charge is 0.0904 e. The maximum atomic E-state index is 5.65. The van der Waals surface area contributed by atoms with E-state index in [0.29, 0.717) is 0 Å². The van der Waals surface area contributed by atoms with Crippen molar-refractivity contribution in [3.05, 3.63) is 0 Å². The summed E-state index contributed by atoms with van der Waals surface area (Å²) in [6.07, 6.45) is 17.0. The molecule has 0 amide bonds. The fourth-order valence-corrected chi connectivity index (χ4v) is 4.05. The Balaban J connectivity index is 1.55. The fraction of sp³-hybridized carbons (Fsp3) is 1.00. The first-order chi connectivity index (χ1) is 9.74. The van der Waals surface area contributed by atoms with Gasteiger partial charge in [-0.3, -0.25) is 0 Å². The van der Waals surface area contributed by atoms with Crippen molar-refractivity contribution in [2.24, 2.45) is 11.8 Å². The van der Waals surface area contributed by atoms with Gasteiger partial charge in [0.05, 0.1) is 12.2 Å². The molecule has 0 N–H and O–H groups in total. The molecule has 2 nitrogen and oxygen atoms in total. The Morgan fingerprint density at radius 1 is 0.650 bits per heavy atom. The first-order valence-electron chi connectivity index (χ1n) is 9.06. The average Bonchev–Trinajstić information content (AvgIpc) is 2.47. The summed E-state index contributed by atoms with van der Waals surface area (Å²) < 4.78 is 0. The van der Waals surface area contributed by atoms with E-state index in [-0.39, 0.29) is 12.2 Å². The zero-order valence-corrected chi connectivity index (χ0v) is 13.6. The summed E-state index contributed by atoms with van der Waals surface area (Å²) in [7, 11) is 0. The van der Waals surface area contributed by atoms with Gasteiger partial charge < -0.3 is 0 Å². The van der Waals surface area contributed by atoms with Crippen LogP contribution >= 0.6 is 0 Å². The molecule has 2 aliphatic rings. The topological polar surface area (TPSA) is 18.5 Å². The van der Waals surface area contributed by atoms with Crippen LogP contribution in [0.3, 0.4) is 0 Å². The van der Waals surface area contributed by atoms with E-state index in [9.17, 15) is 0 Å². The van der Waals surface area contributed by atoms with Gasteiger partial charge in [-0.1, -0.05) is 64.2 Å². The third kappa shape index (κ3) is 6.13. The predicted octanol–water partition coefficient (Wildman–Crippen LogP) is 5.65. The molecule has 2 aliphatic carbocycles. The van der Waals surface area contributed by atoms with E-state index in [0.717, 1.165) is 11.8 Å². The van der Waals surface area contributed by atoms with Crippen LogP contribution in [0.1, 0.15) is 90.9 Å². The minimum atomic E-state index is 0.256. The Kier molecular flexibility index (Phi) is 7.37. The number of hydrogen-bond acceptors (Lipinski definition) is 2. The van der Waals surface area contributed by atoms with Crippen molar-refractivity contribution in [2.75, 3.05) is 0 Å². The highest BCUT2D eigenvalue weighted by Gasteiger charge is 2.20. The Morgan fingerprint density at radius 3 is 1.35 bits per heavy atom. The average molecular weight is 282 g/mol. The summed E-state index contributed by atoms with van der Waals surface area (Å²) in [5, 5.41) is 0. The highest BCUT2D eigenvalue weighted by molar-refractivity contribution is 4.69. The lowest BCUT2D eigenvalue weighted by Gasteiger charge is -2.26. The zero-order chi connectivity index (χ0) is 14.2. The standard InChI is InChI=1S/C18H34O2/c1-15(13-17-9-5-3-6-10-17)19-20-16(2)14-18-11-7-4-8-12-18/h15-18H,3-14H2,1-2H3. The molecule has 0 aromatic carbocycles. The molecule has 2 unspecified atom stereocenters. The molecule has 2 atom stereocenters. The maximum Gasteiger partial charge on any atom is 0.0904 e. The maximum absolute atomic E-state index is 5.65. The van der Waals surface area contributed by atoms with Gasteiger partial charge in [0.15, 0.2) is 0 Å². The molecule has 2 rings (SSSR count). The SMILES string of the molecule is CC(CC1CCCCC1)OOC(C)CC1CCCCC1. The van der Waals surface area contributed by atoms with Gasteiger partial charge in [-0.05, 0) is 38.5 Å². The number of hydrogen-bond donors (Lipinski definition) is 0. The van der Waals surface area contributed by atoms with Crippen LogP contribution in [0, 0.1) is 11.8 Å². The van der Waals surface area contributed by atoms with Gasteiger partial charge in [0.1, 0.15) is 0 Å². The van der Waals surface area contributed by atoms with Crippen molar-refractivity contribution in [3.63, 3.8) is 0 Å². The Bertz CT molecular complexity index is 216. The van der Waals surface area contributed by atoms with Gasteiger partial charge in [-0.2, -0.15) is 0 Å². The van der Waals surface area contributed by atoms with E-state index >= 15 is 0 Å². The summed E-state index contributed by atoms with van der Waals surface area (Å²) >= 11 is 0. The quantitative estimate of drug-likeness (QED) is 0.443. The van der Waals surface area contributed by atoms with Gasteiger partial charge in [-0.15, -0.1) is 0 Å². The van der Waals surface area contributed by atoms with E-state index in [1.165, 1.54) is 77.0 Å². The Hall–Kier alpha value is -0.0800. The second-order valence-corrected chi connectivity index (χ2v) is 7.29. The predicted molar refractivity (Wildman–Crippen MR) is 83.5 cm³/mol. The van der Waals surface area contributed by atoms with Crippen molar-refractivity contribution in [3.8, 4) is 0 Å². The lowest BCUT2D eigenvalue weighted by Crippen LogP contribution is -2.21. The molecule has 0 radical (unpaired) electrons. The van der Waals surface area contributed by atoms with Crippen LogP contribution < -0.4 is 0 Å². The molecule has 2 fully saturated rings. The molecule has 118 valence electrons. The molecule has 0 bridgehead atoms. The normalized spacial score (nSPS) is 25.5. The highest BCUT2D eigenvalue weighted by Crippen LogP contribution is 2.29. The Labute approximate surface area is 125 Å². The molecule has 0 heterocycles. The van der Waals surface area contributed by atoms with Crippen LogP contribution in [-0.4, -0.2) is 12.2 Å². The van der Waals surface area contributed by atoms with E-state index in [2.05, 4.69) is 13.8 Å². The molecular weight excluding hydrogens is 248 g/mol. The van der Waals surface area contributed by atoms with Gasteiger partial charge in [0.25, 0.3) is 0 Å². The first kappa shape index (κ1) is 16.3. The fourth-order valence-electron chi connectivity index (χ4n) is 4.05. The van der Waals surface area contributed by atoms with Crippen molar-refractivity contribution >= 4 is 0 Å². The van der Waals surface area contributed by atoms with Crippen LogP contribution in [-0.2, 0) is 9.78 Å². The van der Waals surface area contributed by atoms with E-state index in [1.807, 2.05) is 0 Å². The van der Waals surface area contributed by atoms with Gasteiger partial charge in [0.2, 0.25) is 0 Å². The van der Waals surface area contributed by atoms with E-state index < -0.39 is 0 Å². The second kappa shape index (κ2) is 9.04. The molecule has 0 spiro atoms. The molecule has 0 aromatic heterocycles. The van der Waals surface area contributed by atoms with E-state index in [1.54, 1.807) is 0 Å². The molecule has 0 aromatic rings. The summed E-state index contributed by atoms with van der Waals surface area (Å²) in [4.78, 5) is 11.3. The Morgan fingerprint density at radius 2 is 1.00 bits per heavy atom. The zero-order valence-electron chi connectivity index (χ0n) is 13.6. The second-order valence-electron chi connectivity index (χ2n) is 7.29. The molecule has 2 heteroatoms. The lowest BCUT2D eigenvalue weighted by atomic mass is 9.85. The molecule has 2 saturated carbocycles. The largest absolute Gasteiger partial charge is 0.233 e. The molecule has 20 heavy (non-hydrogen) atoms. The van der Waals surface area contributed by atoms with Crippen molar-refractivity contribution < 1.29 is 9.78 Å². The summed E-state index contributed by atoms with van der Waals surface area (Å²) in [6.45, 7) is 4.34. The van der Waals surface area contributed by atoms with Crippen molar-refractivity contribution in [1.29, 1.82) is 0 Å². The number of rotatable bonds is 7. The van der Waals surface area contributed by atoms with Gasteiger partial charge in [-0.25, -0.2) is 9.78 Å². The monoisotopic (exact) mass is 282 g/mol. The third-order valence-electron chi connectivity index (χ3n) is 5.16. The van der Waals surface area contributed by atoms with Crippen molar-refractivity contribution in [1.82, 2.24) is 0 Å². The minimum Gasteiger partial charge on any atom is -0.233 e. The third-order valence-corrected chi connectivity index (χ3v) is 5.16. The van der Waals surface area contributed by atoms with Crippen LogP contribution in [0.15, 0.2) is 0 Å². The van der Waals surface area contributed by atoms with Crippen LogP contribution in [0.25, 0.3) is 0 Å². The van der Waals surface area contributed by atoms with E-state index in [4.69, 9.17) is 9.78 Å². The first-order valence-corrected chi connectivity index (χ1v) is 9.06. The van der Waals surface area contributed by atoms with Crippen LogP contribution in [0.5, 0.6) is 0 Å². The van der Waals surface area contributed by atoms with Gasteiger partial charge in [0, 0.05) is 0 Å². The van der Waals surface area contributed by atoms with Gasteiger partial charge >= 0.3 is 0 Å². The van der Waals surface area contributed by atoms with Crippen molar-refractivity contribution in [2.45, 2.75) is 103 Å². The highest BCUT2D eigenvalue weighted by atomic mass is 17.2.